The molecule has 154 valence electrons. The minimum absolute atomic E-state index is 0.0237. The highest BCUT2D eigenvalue weighted by Crippen LogP contribution is 2.42. The van der Waals surface area contributed by atoms with E-state index in [0.717, 1.165) is 0 Å². The van der Waals surface area contributed by atoms with Crippen LogP contribution >= 0.6 is 11.6 Å². The first-order valence-electron chi connectivity index (χ1n) is 9.39. The summed E-state index contributed by atoms with van der Waals surface area (Å²) < 4.78 is 5.70. The van der Waals surface area contributed by atoms with Crippen LogP contribution in [0.15, 0.2) is 60.9 Å². The molecule has 30 heavy (non-hydrogen) atoms. The van der Waals surface area contributed by atoms with Gasteiger partial charge in [0.1, 0.15) is 5.15 Å². The van der Waals surface area contributed by atoms with Crippen molar-refractivity contribution in [2.75, 3.05) is 18.0 Å². The van der Waals surface area contributed by atoms with Gasteiger partial charge in [-0.25, -0.2) is 19.5 Å². The van der Waals surface area contributed by atoms with E-state index in [4.69, 9.17) is 16.3 Å². The van der Waals surface area contributed by atoms with Crippen molar-refractivity contribution in [3.63, 3.8) is 0 Å². The van der Waals surface area contributed by atoms with Crippen molar-refractivity contribution in [1.82, 2.24) is 15.2 Å². The number of halogens is 1. The number of pyridine rings is 1. The molecule has 0 aliphatic carbocycles. The first-order chi connectivity index (χ1) is 14.4. The number of para-hydroxylation sites is 1. The standard InChI is InChI=1S/C21H19ClN4O4/c1-14-21(30-20(29)26(14)15-6-3-2-4-7-15)9-12-25(13-10-21)19(28)24-18(27)16-8-5-11-23-17(16)22/h2-8,11H,1,9-10,12-13H2,(H,24,27,28). The average molecular weight is 427 g/mol. The summed E-state index contributed by atoms with van der Waals surface area (Å²) in [5, 5.41) is 2.35. The van der Waals surface area contributed by atoms with E-state index >= 15 is 0 Å². The third-order valence-electron chi connectivity index (χ3n) is 5.36. The Morgan fingerprint density at radius 3 is 2.50 bits per heavy atom. The fourth-order valence-electron chi connectivity index (χ4n) is 3.68. The van der Waals surface area contributed by atoms with Crippen molar-refractivity contribution in [3.05, 3.63) is 71.7 Å². The van der Waals surface area contributed by atoms with E-state index in [1.807, 2.05) is 30.3 Å². The highest BCUT2D eigenvalue weighted by atomic mass is 35.5. The molecule has 2 fully saturated rings. The summed E-state index contributed by atoms with van der Waals surface area (Å²) in [5.41, 5.74) is 0.499. The monoisotopic (exact) mass is 426 g/mol. The number of aromatic nitrogens is 1. The minimum Gasteiger partial charge on any atom is -0.436 e. The molecule has 1 aromatic heterocycles. The number of imide groups is 1. The van der Waals surface area contributed by atoms with Gasteiger partial charge in [0.15, 0.2) is 5.60 Å². The average Bonchev–Trinajstić information content (AvgIpc) is 2.98. The first-order valence-corrected chi connectivity index (χ1v) is 9.77. The molecule has 1 spiro atoms. The Morgan fingerprint density at radius 1 is 1.13 bits per heavy atom. The number of hydrogen-bond acceptors (Lipinski definition) is 5. The molecule has 2 aromatic rings. The molecular formula is C21H19ClN4O4. The molecule has 3 heterocycles. The minimum atomic E-state index is -0.861. The number of hydrogen-bond donors (Lipinski definition) is 1. The van der Waals surface area contributed by atoms with Crippen LogP contribution in [0.1, 0.15) is 23.2 Å². The summed E-state index contributed by atoms with van der Waals surface area (Å²) in [4.78, 5) is 44.1. The van der Waals surface area contributed by atoms with E-state index in [0.29, 0.717) is 37.3 Å². The smallest absolute Gasteiger partial charge is 0.419 e. The molecule has 8 nitrogen and oxygen atoms in total. The largest absolute Gasteiger partial charge is 0.436 e. The van der Waals surface area contributed by atoms with Gasteiger partial charge in [-0.1, -0.05) is 36.4 Å². The SMILES string of the molecule is C=C1N(c2ccccc2)C(=O)OC12CCN(C(=O)NC(=O)c1cccnc1Cl)CC2. The topological polar surface area (TPSA) is 91.8 Å². The highest BCUT2D eigenvalue weighted by Gasteiger charge is 2.51. The Morgan fingerprint density at radius 2 is 1.83 bits per heavy atom. The van der Waals surface area contributed by atoms with Crippen LogP contribution in [0.25, 0.3) is 0 Å². The van der Waals surface area contributed by atoms with Gasteiger partial charge in [0.25, 0.3) is 5.91 Å². The summed E-state index contributed by atoms with van der Waals surface area (Å²) in [5.74, 6) is -0.620. The van der Waals surface area contributed by atoms with E-state index in [9.17, 15) is 14.4 Å². The van der Waals surface area contributed by atoms with Crippen LogP contribution in [0.4, 0.5) is 15.3 Å². The van der Waals surface area contributed by atoms with Crippen LogP contribution in [-0.4, -0.2) is 46.6 Å². The van der Waals surface area contributed by atoms with Gasteiger partial charge in [0.05, 0.1) is 16.9 Å². The van der Waals surface area contributed by atoms with Gasteiger partial charge in [-0.3, -0.25) is 10.1 Å². The molecule has 0 atom stereocenters. The zero-order valence-corrected chi connectivity index (χ0v) is 16.8. The van der Waals surface area contributed by atoms with Crippen LogP contribution in [0, 0.1) is 0 Å². The Kier molecular flexibility index (Phi) is 5.17. The Bertz CT molecular complexity index is 1020. The maximum absolute atomic E-state index is 12.5. The molecule has 4 amide bonds. The molecule has 2 aliphatic rings. The summed E-state index contributed by atoms with van der Waals surface area (Å²) in [6, 6.07) is 11.7. The number of nitrogens with zero attached hydrogens (tertiary/aromatic N) is 3. The number of ether oxygens (including phenoxy) is 1. The van der Waals surface area contributed by atoms with Crippen molar-refractivity contribution in [1.29, 1.82) is 0 Å². The predicted octanol–water partition coefficient (Wildman–Crippen LogP) is 3.59. The normalized spacial score (nSPS) is 17.8. The molecule has 0 radical (unpaired) electrons. The number of anilines is 1. The third kappa shape index (κ3) is 3.50. The Labute approximate surface area is 178 Å². The van der Waals surface area contributed by atoms with E-state index in [-0.39, 0.29) is 10.7 Å². The molecule has 4 rings (SSSR count). The lowest BCUT2D eigenvalue weighted by molar-refractivity contribution is 0.0241. The van der Waals surface area contributed by atoms with E-state index in [1.54, 1.807) is 6.07 Å². The molecule has 0 bridgehead atoms. The molecule has 0 saturated carbocycles. The predicted molar refractivity (Wildman–Crippen MR) is 110 cm³/mol. The molecule has 1 aromatic carbocycles. The lowest BCUT2D eigenvalue weighted by Gasteiger charge is -2.37. The number of likely N-dealkylation sites (tertiary alicyclic amines) is 1. The molecule has 2 saturated heterocycles. The van der Waals surface area contributed by atoms with Gasteiger partial charge in [-0.2, -0.15) is 0 Å². The van der Waals surface area contributed by atoms with E-state index in [1.165, 1.54) is 22.1 Å². The van der Waals surface area contributed by atoms with Crippen LogP contribution in [0.2, 0.25) is 5.15 Å². The second-order valence-corrected chi connectivity index (χ2v) is 7.43. The van der Waals surface area contributed by atoms with E-state index in [2.05, 4.69) is 16.9 Å². The summed E-state index contributed by atoms with van der Waals surface area (Å²) >= 11 is 5.90. The Hall–Kier alpha value is -3.39. The van der Waals surface area contributed by atoms with Crippen molar-refractivity contribution < 1.29 is 19.1 Å². The number of carbonyl (C=O) groups excluding carboxylic acids is 3. The number of urea groups is 1. The molecule has 1 N–H and O–H groups in total. The summed E-state index contributed by atoms with van der Waals surface area (Å²) in [6.45, 7) is 4.69. The molecule has 2 aliphatic heterocycles. The number of piperidine rings is 1. The second-order valence-electron chi connectivity index (χ2n) is 7.07. The number of carbonyl (C=O) groups is 3. The van der Waals surface area contributed by atoms with Crippen LogP contribution in [0.3, 0.4) is 0 Å². The van der Waals surface area contributed by atoms with Crippen LogP contribution in [0.5, 0.6) is 0 Å². The molecule has 9 heteroatoms. The zero-order valence-electron chi connectivity index (χ0n) is 16.0. The second kappa shape index (κ2) is 7.79. The lowest BCUT2D eigenvalue weighted by atomic mass is 9.88. The van der Waals surface area contributed by atoms with Crippen LogP contribution in [-0.2, 0) is 4.74 Å². The quantitative estimate of drug-likeness (QED) is 0.741. The summed E-state index contributed by atoms with van der Waals surface area (Å²) in [7, 11) is 0. The maximum Gasteiger partial charge on any atom is 0.419 e. The zero-order chi connectivity index (χ0) is 21.3. The Balaban J connectivity index is 1.41. The molecular weight excluding hydrogens is 408 g/mol. The van der Waals surface area contributed by atoms with Crippen molar-refractivity contribution in [3.8, 4) is 0 Å². The third-order valence-corrected chi connectivity index (χ3v) is 5.66. The van der Waals surface area contributed by atoms with Gasteiger partial charge in [0.2, 0.25) is 0 Å². The van der Waals surface area contributed by atoms with Gasteiger partial charge in [-0.05, 0) is 24.3 Å². The lowest BCUT2D eigenvalue weighted by Crippen LogP contribution is -2.51. The number of nitrogens with one attached hydrogen (secondary N) is 1. The number of amides is 4. The summed E-state index contributed by atoms with van der Waals surface area (Å²) in [6.07, 6.45) is 1.75. The van der Waals surface area contributed by atoms with Crippen LogP contribution < -0.4 is 10.2 Å². The fourth-order valence-corrected chi connectivity index (χ4v) is 3.89. The fraction of sp³-hybridized carbons (Fsp3) is 0.238. The first kappa shape index (κ1) is 19.9. The van der Waals surface area contributed by atoms with Crippen molar-refractivity contribution >= 4 is 35.3 Å². The maximum atomic E-state index is 12.5. The van der Waals surface area contributed by atoms with Gasteiger partial charge < -0.3 is 9.64 Å². The van der Waals surface area contributed by atoms with E-state index < -0.39 is 23.6 Å². The van der Waals surface area contributed by atoms with Gasteiger partial charge in [0, 0.05) is 32.1 Å². The van der Waals surface area contributed by atoms with Crippen molar-refractivity contribution in [2.24, 2.45) is 0 Å². The number of rotatable bonds is 2. The van der Waals surface area contributed by atoms with Gasteiger partial charge >= 0.3 is 12.1 Å². The van der Waals surface area contributed by atoms with Crippen molar-refractivity contribution in [2.45, 2.75) is 18.4 Å². The number of benzene rings is 1. The molecule has 0 unspecified atom stereocenters. The van der Waals surface area contributed by atoms with Gasteiger partial charge in [-0.15, -0.1) is 0 Å². The highest BCUT2D eigenvalue weighted by molar-refractivity contribution is 6.33.